The van der Waals surface area contributed by atoms with Gasteiger partial charge >= 0.3 is 5.97 Å². The Morgan fingerprint density at radius 2 is 2.16 bits per heavy atom. The van der Waals surface area contributed by atoms with E-state index in [0.717, 1.165) is 6.07 Å². The van der Waals surface area contributed by atoms with E-state index < -0.39 is 22.1 Å². The summed E-state index contributed by atoms with van der Waals surface area (Å²) in [5.74, 6) is -0.793. The van der Waals surface area contributed by atoms with Crippen LogP contribution in [0.2, 0.25) is 5.02 Å². The first-order chi connectivity index (χ1) is 8.81. The summed E-state index contributed by atoms with van der Waals surface area (Å²) in [5.41, 5.74) is 0.000301. The molecule has 0 saturated heterocycles. The number of carbonyl (C=O) groups is 1. The van der Waals surface area contributed by atoms with Gasteiger partial charge in [-0.1, -0.05) is 11.6 Å². The van der Waals surface area contributed by atoms with Crippen LogP contribution in [-0.4, -0.2) is 27.5 Å². The van der Waals surface area contributed by atoms with Crippen molar-refractivity contribution in [3.8, 4) is 6.07 Å². The van der Waals surface area contributed by atoms with Gasteiger partial charge in [0.2, 0.25) is 10.0 Å². The molecule has 1 rings (SSSR count). The van der Waals surface area contributed by atoms with E-state index in [9.17, 15) is 13.2 Å². The lowest BCUT2D eigenvalue weighted by molar-refractivity contribution is 0.0435. The average molecular weight is 303 g/mol. The molecule has 0 fully saturated rings. The number of sulfonamides is 1. The SMILES string of the molecule is CNS(=O)(=O)c1cc(C(=O)O[C@@H](C)C#N)ccc1Cl. The van der Waals surface area contributed by atoms with E-state index in [1.165, 1.54) is 26.1 Å². The van der Waals surface area contributed by atoms with Crippen LogP contribution in [0.25, 0.3) is 0 Å². The van der Waals surface area contributed by atoms with Gasteiger partial charge in [0.1, 0.15) is 11.0 Å². The number of nitrogens with one attached hydrogen (secondary N) is 1. The molecule has 19 heavy (non-hydrogen) atoms. The molecule has 0 unspecified atom stereocenters. The minimum Gasteiger partial charge on any atom is -0.444 e. The van der Waals surface area contributed by atoms with Gasteiger partial charge in [0.15, 0.2) is 6.10 Å². The first-order valence-corrected chi connectivity index (χ1v) is 7.01. The van der Waals surface area contributed by atoms with Crippen LogP contribution in [0.1, 0.15) is 17.3 Å². The van der Waals surface area contributed by atoms with Crippen molar-refractivity contribution < 1.29 is 17.9 Å². The van der Waals surface area contributed by atoms with Gasteiger partial charge in [-0.3, -0.25) is 0 Å². The number of nitriles is 1. The predicted octanol–water partition coefficient (Wildman–Crippen LogP) is 1.32. The summed E-state index contributed by atoms with van der Waals surface area (Å²) in [7, 11) is -2.54. The number of nitrogens with zero attached hydrogens (tertiary/aromatic N) is 1. The number of hydrogen-bond acceptors (Lipinski definition) is 5. The van der Waals surface area contributed by atoms with Crippen LogP contribution in [0.15, 0.2) is 23.1 Å². The van der Waals surface area contributed by atoms with Gasteiger partial charge in [-0.15, -0.1) is 0 Å². The minimum absolute atomic E-state index is 0.000301. The topological polar surface area (TPSA) is 96.3 Å². The summed E-state index contributed by atoms with van der Waals surface area (Å²) in [4.78, 5) is 11.4. The highest BCUT2D eigenvalue weighted by molar-refractivity contribution is 7.89. The fourth-order valence-corrected chi connectivity index (χ4v) is 2.45. The van der Waals surface area contributed by atoms with Crippen molar-refractivity contribution in [1.29, 1.82) is 5.26 Å². The molecule has 0 aliphatic carbocycles. The summed E-state index contributed by atoms with van der Waals surface area (Å²) in [6.45, 7) is 1.40. The smallest absolute Gasteiger partial charge is 0.339 e. The Morgan fingerprint density at radius 3 is 2.68 bits per heavy atom. The second-order valence-corrected chi connectivity index (χ2v) is 5.79. The number of ether oxygens (including phenoxy) is 1. The number of carbonyl (C=O) groups excluding carboxylic acids is 1. The highest BCUT2D eigenvalue weighted by Crippen LogP contribution is 2.22. The van der Waals surface area contributed by atoms with Crippen molar-refractivity contribution in [2.45, 2.75) is 17.9 Å². The van der Waals surface area contributed by atoms with Crippen LogP contribution >= 0.6 is 11.6 Å². The largest absolute Gasteiger partial charge is 0.444 e. The Labute approximate surface area is 116 Å². The maximum absolute atomic E-state index is 11.7. The third kappa shape index (κ3) is 3.67. The number of rotatable bonds is 4. The molecule has 102 valence electrons. The number of hydrogen-bond donors (Lipinski definition) is 1. The molecule has 0 radical (unpaired) electrons. The Balaban J connectivity index is 3.18. The Bertz CT molecular complexity index is 637. The van der Waals surface area contributed by atoms with Gasteiger partial charge in [0.05, 0.1) is 10.6 Å². The van der Waals surface area contributed by atoms with Crippen LogP contribution in [0.3, 0.4) is 0 Å². The van der Waals surface area contributed by atoms with E-state index in [2.05, 4.69) is 4.72 Å². The molecule has 1 atom stereocenters. The van der Waals surface area contributed by atoms with Crippen LogP contribution in [0, 0.1) is 11.3 Å². The molecule has 0 spiro atoms. The van der Waals surface area contributed by atoms with Crippen LogP contribution < -0.4 is 4.72 Å². The standard InChI is InChI=1S/C11H11ClN2O4S/c1-7(6-13)18-11(15)8-3-4-9(12)10(5-8)19(16,17)14-2/h3-5,7,14H,1-2H3/t7-/m0/s1. The number of esters is 1. The zero-order valence-electron chi connectivity index (χ0n) is 10.2. The second-order valence-electron chi connectivity index (χ2n) is 3.53. The number of halogens is 1. The molecule has 0 amide bonds. The van der Waals surface area contributed by atoms with Gasteiger partial charge in [-0.2, -0.15) is 5.26 Å². The zero-order valence-corrected chi connectivity index (χ0v) is 11.7. The van der Waals surface area contributed by atoms with E-state index in [0.29, 0.717) is 0 Å². The summed E-state index contributed by atoms with van der Waals surface area (Å²) < 4.78 is 30.2. The van der Waals surface area contributed by atoms with Crippen molar-refractivity contribution >= 4 is 27.6 Å². The summed E-state index contributed by atoms with van der Waals surface area (Å²) in [6, 6.07) is 5.43. The van der Waals surface area contributed by atoms with Crippen LogP contribution in [-0.2, 0) is 14.8 Å². The lowest BCUT2D eigenvalue weighted by atomic mass is 10.2. The second kappa shape index (κ2) is 6.02. The molecule has 8 heteroatoms. The first-order valence-electron chi connectivity index (χ1n) is 5.15. The zero-order chi connectivity index (χ0) is 14.6. The van der Waals surface area contributed by atoms with Crippen molar-refractivity contribution in [3.63, 3.8) is 0 Å². The van der Waals surface area contributed by atoms with Crippen LogP contribution in [0.5, 0.6) is 0 Å². The molecule has 0 aliphatic rings. The highest BCUT2D eigenvalue weighted by atomic mass is 35.5. The molecule has 0 bridgehead atoms. The summed E-state index contributed by atoms with van der Waals surface area (Å²) in [5, 5.41) is 8.53. The first kappa shape index (κ1) is 15.4. The Hall–Kier alpha value is -1.62. The quantitative estimate of drug-likeness (QED) is 0.846. The third-order valence-electron chi connectivity index (χ3n) is 2.19. The fourth-order valence-electron chi connectivity index (χ4n) is 1.20. The maximum atomic E-state index is 11.7. The van der Waals surface area contributed by atoms with Crippen LogP contribution in [0.4, 0.5) is 0 Å². The summed E-state index contributed by atoms with van der Waals surface area (Å²) in [6.07, 6.45) is -0.924. The van der Waals surface area contributed by atoms with Gasteiger partial charge < -0.3 is 4.74 Å². The van der Waals surface area contributed by atoms with E-state index in [1.54, 1.807) is 6.07 Å². The van der Waals surface area contributed by atoms with Crippen molar-refractivity contribution in [2.75, 3.05) is 7.05 Å². The third-order valence-corrected chi connectivity index (χ3v) is 4.09. The monoisotopic (exact) mass is 302 g/mol. The van der Waals surface area contributed by atoms with E-state index in [1.807, 2.05) is 0 Å². The van der Waals surface area contributed by atoms with E-state index in [-0.39, 0.29) is 15.5 Å². The fraction of sp³-hybridized carbons (Fsp3) is 0.273. The van der Waals surface area contributed by atoms with E-state index >= 15 is 0 Å². The normalized spacial score (nSPS) is 12.5. The van der Waals surface area contributed by atoms with Gasteiger partial charge in [0, 0.05) is 0 Å². The lowest BCUT2D eigenvalue weighted by Crippen LogP contribution is -2.20. The van der Waals surface area contributed by atoms with Gasteiger partial charge in [-0.25, -0.2) is 17.9 Å². The van der Waals surface area contributed by atoms with Gasteiger partial charge in [0.25, 0.3) is 0 Å². The van der Waals surface area contributed by atoms with Gasteiger partial charge in [-0.05, 0) is 32.2 Å². The Kier molecular flexibility index (Phi) is 4.89. The molecule has 6 nitrogen and oxygen atoms in total. The molecule has 0 aromatic heterocycles. The highest BCUT2D eigenvalue weighted by Gasteiger charge is 2.19. The molecule has 1 aromatic carbocycles. The van der Waals surface area contributed by atoms with Crippen molar-refractivity contribution in [2.24, 2.45) is 0 Å². The molecule has 0 heterocycles. The average Bonchev–Trinajstić information content (AvgIpc) is 2.38. The maximum Gasteiger partial charge on any atom is 0.339 e. The summed E-state index contributed by atoms with van der Waals surface area (Å²) >= 11 is 5.77. The Morgan fingerprint density at radius 1 is 1.53 bits per heavy atom. The molecule has 0 saturated carbocycles. The predicted molar refractivity (Wildman–Crippen MR) is 68.2 cm³/mol. The lowest BCUT2D eigenvalue weighted by Gasteiger charge is -2.09. The molecule has 0 aliphatic heterocycles. The minimum atomic E-state index is -3.77. The number of benzene rings is 1. The van der Waals surface area contributed by atoms with E-state index in [4.69, 9.17) is 21.6 Å². The molecule has 1 aromatic rings. The molecular weight excluding hydrogens is 292 g/mol. The van der Waals surface area contributed by atoms with Crippen molar-refractivity contribution in [3.05, 3.63) is 28.8 Å². The van der Waals surface area contributed by atoms with Crippen molar-refractivity contribution in [1.82, 2.24) is 4.72 Å². The molecular formula is C11H11ClN2O4S. The molecule has 1 N–H and O–H groups in total.